The van der Waals surface area contributed by atoms with Gasteiger partial charge in [-0.05, 0) is 36.8 Å². The van der Waals surface area contributed by atoms with E-state index in [1.54, 1.807) is 7.11 Å². The molecule has 0 bridgehead atoms. The molecule has 0 aliphatic carbocycles. The first kappa shape index (κ1) is 16.1. The number of nitrogens with zero attached hydrogens (tertiary/aromatic N) is 1. The maximum atomic E-state index is 12.1. The first-order valence-electron chi connectivity index (χ1n) is 7.65. The predicted molar refractivity (Wildman–Crippen MR) is 90.3 cm³/mol. The molecule has 1 aliphatic rings. The summed E-state index contributed by atoms with van der Waals surface area (Å²) in [5.41, 5.74) is 2.82. The number of ether oxygens (including phenoxy) is 3. The van der Waals surface area contributed by atoms with Crippen molar-refractivity contribution in [1.29, 1.82) is 0 Å². The summed E-state index contributed by atoms with van der Waals surface area (Å²) < 4.78 is 16.0. The van der Waals surface area contributed by atoms with Gasteiger partial charge in [0.25, 0.3) is 0 Å². The molecule has 0 radical (unpaired) electrons. The van der Waals surface area contributed by atoms with Gasteiger partial charge in [-0.2, -0.15) is 0 Å². The molecule has 0 amide bonds. The standard InChI is InChI=1S/C19H19NO4/c1-12-4-6-13(7-5-12)17-16(19(21)23-3)20-18(24-17)14-8-10-15(22-2)11-9-14/h4-11,16-17H,1-3H3/t16-,17-/m1/s1. The van der Waals surface area contributed by atoms with Gasteiger partial charge in [0, 0.05) is 5.56 Å². The van der Waals surface area contributed by atoms with Gasteiger partial charge in [0.15, 0.2) is 12.1 Å². The second-order valence-electron chi connectivity index (χ2n) is 5.58. The van der Waals surface area contributed by atoms with Crippen LogP contribution in [0.15, 0.2) is 53.5 Å². The Bertz CT molecular complexity index is 750. The Morgan fingerprint density at radius 2 is 1.71 bits per heavy atom. The summed E-state index contributed by atoms with van der Waals surface area (Å²) >= 11 is 0. The normalized spacial score (nSPS) is 19.4. The Morgan fingerprint density at radius 1 is 1.04 bits per heavy atom. The second-order valence-corrected chi connectivity index (χ2v) is 5.58. The van der Waals surface area contributed by atoms with E-state index >= 15 is 0 Å². The van der Waals surface area contributed by atoms with Crippen LogP contribution in [0.4, 0.5) is 0 Å². The molecule has 1 heterocycles. The van der Waals surface area contributed by atoms with Crippen LogP contribution in [-0.4, -0.2) is 32.1 Å². The summed E-state index contributed by atoms with van der Waals surface area (Å²) in [4.78, 5) is 16.6. The molecule has 5 heteroatoms. The molecule has 3 rings (SSSR count). The fourth-order valence-corrected chi connectivity index (χ4v) is 2.59. The summed E-state index contributed by atoms with van der Waals surface area (Å²) in [6.45, 7) is 2.01. The first-order valence-corrected chi connectivity index (χ1v) is 7.65. The van der Waals surface area contributed by atoms with Crippen LogP contribution < -0.4 is 4.74 Å². The molecular formula is C19H19NO4. The second kappa shape index (κ2) is 6.74. The van der Waals surface area contributed by atoms with Crippen molar-refractivity contribution in [2.45, 2.75) is 19.1 Å². The number of methoxy groups -OCH3 is 2. The topological polar surface area (TPSA) is 57.1 Å². The largest absolute Gasteiger partial charge is 0.497 e. The van der Waals surface area contributed by atoms with E-state index in [2.05, 4.69) is 4.99 Å². The molecule has 0 spiro atoms. The van der Waals surface area contributed by atoms with Gasteiger partial charge < -0.3 is 14.2 Å². The van der Waals surface area contributed by atoms with Crippen LogP contribution in [-0.2, 0) is 14.3 Å². The monoisotopic (exact) mass is 325 g/mol. The SMILES string of the molecule is COC(=O)[C@@H]1N=C(c2ccc(OC)cc2)O[C@@H]1c1ccc(C)cc1. The van der Waals surface area contributed by atoms with Gasteiger partial charge in [-0.15, -0.1) is 0 Å². The minimum atomic E-state index is -0.713. The number of carbonyl (C=O) groups excluding carboxylic acids is 1. The lowest BCUT2D eigenvalue weighted by molar-refractivity contribution is -0.143. The minimum Gasteiger partial charge on any atom is -0.497 e. The lowest BCUT2D eigenvalue weighted by atomic mass is 10.0. The molecule has 0 fully saturated rings. The van der Waals surface area contributed by atoms with Gasteiger partial charge in [0.1, 0.15) is 5.75 Å². The van der Waals surface area contributed by atoms with Crippen LogP contribution in [0.5, 0.6) is 5.75 Å². The van der Waals surface area contributed by atoms with E-state index in [-0.39, 0.29) is 0 Å². The number of benzene rings is 2. The molecule has 0 aromatic heterocycles. The summed E-state index contributed by atoms with van der Waals surface area (Å²) in [6.07, 6.45) is -0.491. The third-order valence-corrected chi connectivity index (χ3v) is 3.97. The smallest absolute Gasteiger partial charge is 0.335 e. The lowest BCUT2D eigenvalue weighted by Gasteiger charge is -2.16. The van der Waals surface area contributed by atoms with Gasteiger partial charge in [-0.3, -0.25) is 0 Å². The van der Waals surface area contributed by atoms with E-state index in [1.807, 2.05) is 55.5 Å². The quantitative estimate of drug-likeness (QED) is 0.811. The van der Waals surface area contributed by atoms with Crippen molar-refractivity contribution in [2.75, 3.05) is 14.2 Å². The van der Waals surface area contributed by atoms with Crippen LogP contribution in [0, 0.1) is 6.92 Å². The summed E-state index contributed by atoms with van der Waals surface area (Å²) in [5, 5.41) is 0. The summed E-state index contributed by atoms with van der Waals surface area (Å²) in [7, 11) is 2.97. The summed E-state index contributed by atoms with van der Waals surface area (Å²) in [6, 6.07) is 14.5. The zero-order valence-electron chi connectivity index (χ0n) is 13.9. The van der Waals surface area contributed by atoms with Gasteiger partial charge >= 0.3 is 5.97 Å². The van der Waals surface area contributed by atoms with Crippen molar-refractivity contribution >= 4 is 11.9 Å². The van der Waals surface area contributed by atoms with Gasteiger partial charge in [-0.1, -0.05) is 29.8 Å². The molecule has 0 unspecified atom stereocenters. The molecule has 0 saturated carbocycles. The highest BCUT2D eigenvalue weighted by Gasteiger charge is 2.38. The third-order valence-electron chi connectivity index (χ3n) is 3.97. The van der Waals surface area contributed by atoms with E-state index in [0.29, 0.717) is 5.90 Å². The third kappa shape index (κ3) is 3.11. The summed E-state index contributed by atoms with van der Waals surface area (Å²) in [5.74, 6) is 0.764. The lowest BCUT2D eigenvalue weighted by Crippen LogP contribution is -2.25. The van der Waals surface area contributed by atoms with Crippen molar-refractivity contribution in [3.05, 3.63) is 65.2 Å². The van der Waals surface area contributed by atoms with E-state index < -0.39 is 18.1 Å². The Balaban J connectivity index is 1.91. The Morgan fingerprint density at radius 3 is 2.29 bits per heavy atom. The zero-order chi connectivity index (χ0) is 17.1. The number of carbonyl (C=O) groups is 1. The molecule has 5 nitrogen and oxygen atoms in total. The minimum absolute atomic E-state index is 0.413. The maximum absolute atomic E-state index is 12.1. The van der Waals surface area contributed by atoms with E-state index in [0.717, 1.165) is 22.4 Å². The highest BCUT2D eigenvalue weighted by Crippen LogP contribution is 2.32. The van der Waals surface area contributed by atoms with Crippen LogP contribution >= 0.6 is 0 Å². The van der Waals surface area contributed by atoms with Crippen molar-refractivity contribution < 1.29 is 19.0 Å². The number of hydrogen-bond acceptors (Lipinski definition) is 5. The molecule has 0 N–H and O–H groups in total. The Kier molecular flexibility index (Phi) is 4.51. The van der Waals surface area contributed by atoms with E-state index in [9.17, 15) is 4.79 Å². The number of aryl methyl sites for hydroxylation is 1. The Hall–Kier alpha value is -2.82. The van der Waals surface area contributed by atoms with Gasteiger partial charge in [-0.25, -0.2) is 9.79 Å². The molecular weight excluding hydrogens is 306 g/mol. The average Bonchev–Trinajstić information content (AvgIpc) is 3.07. The maximum Gasteiger partial charge on any atom is 0.335 e. The number of rotatable bonds is 4. The molecule has 124 valence electrons. The predicted octanol–water partition coefficient (Wildman–Crippen LogP) is 3.06. The highest BCUT2D eigenvalue weighted by atomic mass is 16.5. The average molecular weight is 325 g/mol. The molecule has 24 heavy (non-hydrogen) atoms. The van der Waals surface area contributed by atoms with E-state index in [4.69, 9.17) is 14.2 Å². The fourth-order valence-electron chi connectivity index (χ4n) is 2.59. The van der Waals surface area contributed by atoms with Crippen molar-refractivity contribution in [3.8, 4) is 5.75 Å². The zero-order valence-corrected chi connectivity index (χ0v) is 13.9. The van der Waals surface area contributed by atoms with Crippen molar-refractivity contribution in [3.63, 3.8) is 0 Å². The van der Waals surface area contributed by atoms with Gasteiger partial charge in [0.2, 0.25) is 5.90 Å². The van der Waals surface area contributed by atoms with Crippen molar-refractivity contribution in [2.24, 2.45) is 4.99 Å². The fraction of sp³-hybridized carbons (Fsp3) is 0.263. The van der Waals surface area contributed by atoms with Crippen LogP contribution in [0.2, 0.25) is 0 Å². The molecule has 0 saturated heterocycles. The van der Waals surface area contributed by atoms with Crippen LogP contribution in [0.1, 0.15) is 22.8 Å². The van der Waals surface area contributed by atoms with E-state index in [1.165, 1.54) is 7.11 Å². The van der Waals surface area contributed by atoms with Gasteiger partial charge in [0.05, 0.1) is 14.2 Å². The highest BCUT2D eigenvalue weighted by molar-refractivity contribution is 5.98. The first-order chi connectivity index (χ1) is 11.6. The number of aliphatic imine (C=N–C) groups is 1. The molecule has 2 aromatic carbocycles. The number of hydrogen-bond donors (Lipinski definition) is 0. The Labute approximate surface area is 140 Å². The number of esters is 1. The molecule has 2 atom stereocenters. The van der Waals surface area contributed by atoms with Crippen LogP contribution in [0.25, 0.3) is 0 Å². The van der Waals surface area contributed by atoms with Crippen molar-refractivity contribution in [1.82, 2.24) is 0 Å². The van der Waals surface area contributed by atoms with Crippen LogP contribution in [0.3, 0.4) is 0 Å². The molecule has 2 aromatic rings. The molecule has 1 aliphatic heterocycles.